The van der Waals surface area contributed by atoms with Crippen LogP contribution in [0.4, 0.5) is 0 Å². The maximum Gasteiger partial charge on any atom is 0.0967 e. The van der Waals surface area contributed by atoms with Crippen LogP contribution in [0, 0.1) is 0 Å². The number of carbonyl (C=O) groups is 2. The zero-order valence-electron chi connectivity index (χ0n) is 6.23. The number of aliphatic hydroxyl groups is 1. The van der Waals surface area contributed by atoms with Gasteiger partial charge in [-0.3, -0.25) is 0 Å². The Hall–Kier alpha value is -1.36. The number of aliphatic carboxylic acids is 2. The molecule has 0 saturated carbocycles. The summed E-state index contributed by atoms with van der Waals surface area (Å²) in [6.07, 6.45) is 0.427. The van der Waals surface area contributed by atoms with Gasteiger partial charge in [0.05, 0.1) is 12.1 Å². The third kappa shape index (κ3) is 5.43. The Labute approximate surface area is 68.9 Å². The topological polar surface area (TPSA) is 100 Å². The van der Waals surface area contributed by atoms with E-state index in [9.17, 15) is 19.8 Å². The average molecular weight is 172 g/mol. The Kier molecular flexibility index (Phi) is 4.71. The highest BCUT2D eigenvalue weighted by molar-refractivity contribution is 5.70. The smallest absolute Gasteiger partial charge is 0.0967 e. The number of carboxylic acids is 2. The van der Waals surface area contributed by atoms with Crippen molar-refractivity contribution in [3.8, 4) is 0 Å². The third-order valence-electron chi connectivity index (χ3n) is 1.08. The lowest BCUT2D eigenvalue weighted by Gasteiger charge is -2.07. The van der Waals surface area contributed by atoms with Crippen molar-refractivity contribution >= 4 is 11.9 Å². The highest BCUT2D eigenvalue weighted by atomic mass is 16.4. The second kappa shape index (κ2) is 5.31. The van der Waals surface area contributed by atoms with E-state index in [-0.39, 0.29) is 12.8 Å². The Bertz CT molecular complexity index is 196. The van der Waals surface area contributed by atoms with Gasteiger partial charge in [0.25, 0.3) is 0 Å². The van der Waals surface area contributed by atoms with Crippen molar-refractivity contribution in [1.29, 1.82) is 0 Å². The summed E-state index contributed by atoms with van der Waals surface area (Å²) in [5, 5.41) is 28.3. The largest absolute Gasteiger partial charge is 0.550 e. The van der Waals surface area contributed by atoms with Crippen molar-refractivity contribution in [2.24, 2.45) is 0 Å². The van der Waals surface area contributed by atoms with Gasteiger partial charge in [0, 0.05) is 12.4 Å². The molecule has 0 spiro atoms. The molecule has 0 rings (SSSR count). The van der Waals surface area contributed by atoms with Crippen LogP contribution in [0.2, 0.25) is 0 Å². The van der Waals surface area contributed by atoms with E-state index in [2.05, 4.69) is 0 Å². The van der Waals surface area contributed by atoms with Crippen LogP contribution in [0.5, 0.6) is 0 Å². The van der Waals surface area contributed by atoms with Crippen molar-refractivity contribution in [1.82, 2.24) is 0 Å². The van der Waals surface area contributed by atoms with Crippen LogP contribution in [0.3, 0.4) is 0 Å². The molecule has 0 amide bonds. The zero-order valence-corrected chi connectivity index (χ0v) is 6.23. The molecule has 0 aliphatic rings. The van der Waals surface area contributed by atoms with Crippen molar-refractivity contribution in [2.75, 3.05) is 0 Å². The normalized spacial score (nSPS) is 13.1. The molecular formula is C7H8O5-2. The number of hydrogen-bond donors (Lipinski definition) is 1. The van der Waals surface area contributed by atoms with Gasteiger partial charge in [-0.15, -0.1) is 0 Å². The van der Waals surface area contributed by atoms with Gasteiger partial charge in [-0.05, 0) is 6.42 Å². The van der Waals surface area contributed by atoms with Gasteiger partial charge < -0.3 is 24.9 Å². The van der Waals surface area contributed by atoms with E-state index >= 15 is 0 Å². The molecule has 0 heterocycles. The van der Waals surface area contributed by atoms with Crippen LogP contribution in [-0.2, 0) is 9.59 Å². The van der Waals surface area contributed by atoms with E-state index in [0.717, 1.165) is 0 Å². The Balaban J connectivity index is 3.60. The fourth-order valence-electron chi connectivity index (χ4n) is 0.501. The second-order valence-electron chi connectivity index (χ2n) is 2.12. The molecule has 1 unspecified atom stereocenters. The molecule has 68 valence electrons. The molecule has 0 bridgehead atoms. The first kappa shape index (κ1) is 10.6. The van der Waals surface area contributed by atoms with Crippen molar-refractivity contribution < 1.29 is 24.9 Å². The monoisotopic (exact) mass is 172 g/mol. The minimum atomic E-state index is -1.58. The standard InChI is InChI=1S/C7H10O5/c8-5(7(11)12)3-1-2-4-6(9)10/h1-2,5,8H,3-4H2,(H,9,10)(H,11,12)/p-2/b2-1+. The van der Waals surface area contributed by atoms with Gasteiger partial charge in [-0.1, -0.05) is 12.2 Å². The minimum Gasteiger partial charge on any atom is -0.550 e. The second-order valence-corrected chi connectivity index (χ2v) is 2.12. The molecule has 0 aromatic rings. The number of carbonyl (C=O) groups excluding carboxylic acids is 2. The minimum absolute atomic E-state index is 0.157. The molecule has 0 aliphatic heterocycles. The molecule has 0 radical (unpaired) electrons. The number of carboxylic acid groups (broad SMARTS) is 2. The molecule has 0 aromatic carbocycles. The molecule has 0 fully saturated rings. The van der Waals surface area contributed by atoms with Crippen molar-refractivity contribution in [2.45, 2.75) is 18.9 Å². The summed E-state index contributed by atoms with van der Waals surface area (Å²) in [7, 11) is 0. The summed E-state index contributed by atoms with van der Waals surface area (Å²) < 4.78 is 0. The molecule has 0 aliphatic carbocycles. The number of aliphatic hydroxyl groups excluding tert-OH is 1. The highest BCUT2D eigenvalue weighted by Gasteiger charge is 1.99. The third-order valence-corrected chi connectivity index (χ3v) is 1.08. The van der Waals surface area contributed by atoms with Crippen LogP contribution >= 0.6 is 0 Å². The Morgan fingerprint density at radius 3 is 2.33 bits per heavy atom. The average Bonchev–Trinajstić information content (AvgIpc) is 1.97. The van der Waals surface area contributed by atoms with Crippen molar-refractivity contribution in [3.05, 3.63) is 12.2 Å². The predicted octanol–water partition coefficient (Wildman–Crippen LogP) is -2.82. The summed E-state index contributed by atoms with van der Waals surface area (Å²) >= 11 is 0. The Morgan fingerprint density at radius 1 is 1.33 bits per heavy atom. The van der Waals surface area contributed by atoms with Crippen molar-refractivity contribution in [3.63, 3.8) is 0 Å². The fraction of sp³-hybridized carbons (Fsp3) is 0.429. The quantitative estimate of drug-likeness (QED) is 0.451. The molecule has 0 aromatic heterocycles. The maximum absolute atomic E-state index is 9.90. The van der Waals surface area contributed by atoms with E-state index in [1.54, 1.807) is 0 Å². The molecular weight excluding hydrogens is 164 g/mol. The van der Waals surface area contributed by atoms with E-state index < -0.39 is 18.0 Å². The van der Waals surface area contributed by atoms with Gasteiger partial charge in [-0.25, -0.2) is 0 Å². The summed E-state index contributed by atoms with van der Waals surface area (Å²) in [6.45, 7) is 0. The van der Waals surface area contributed by atoms with Crippen LogP contribution in [-0.4, -0.2) is 23.1 Å². The number of rotatable bonds is 5. The SMILES string of the molecule is O=C([O-])C/C=C/CC(O)C(=O)[O-]. The van der Waals surface area contributed by atoms with Crippen LogP contribution < -0.4 is 10.2 Å². The highest BCUT2D eigenvalue weighted by Crippen LogP contribution is 1.92. The molecule has 1 N–H and O–H groups in total. The molecule has 5 nitrogen and oxygen atoms in total. The van der Waals surface area contributed by atoms with E-state index in [1.165, 1.54) is 12.2 Å². The summed E-state index contributed by atoms with van der Waals surface area (Å²) in [5.74, 6) is -2.83. The van der Waals surface area contributed by atoms with E-state index in [4.69, 9.17) is 5.11 Å². The lowest BCUT2D eigenvalue weighted by atomic mass is 10.2. The van der Waals surface area contributed by atoms with Crippen LogP contribution in [0.15, 0.2) is 12.2 Å². The summed E-state index contributed by atoms with van der Waals surface area (Å²) in [4.78, 5) is 19.7. The van der Waals surface area contributed by atoms with Gasteiger partial charge in [0.1, 0.15) is 0 Å². The van der Waals surface area contributed by atoms with E-state index in [0.29, 0.717) is 0 Å². The summed E-state index contributed by atoms with van der Waals surface area (Å²) in [5.41, 5.74) is 0. The van der Waals surface area contributed by atoms with Gasteiger partial charge >= 0.3 is 0 Å². The van der Waals surface area contributed by atoms with Gasteiger partial charge in [0.2, 0.25) is 0 Å². The lowest BCUT2D eigenvalue weighted by molar-refractivity contribution is -0.314. The van der Waals surface area contributed by atoms with Crippen LogP contribution in [0.1, 0.15) is 12.8 Å². The zero-order chi connectivity index (χ0) is 9.56. The number of hydrogen-bond acceptors (Lipinski definition) is 5. The molecule has 1 atom stereocenters. The van der Waals surface area contributed by atoms with Crippen LogP contribution in [0.25, 0.3) is 0 Å². The maximum atomic E-state index is 9.90. The first-order chi connectivity index (χ1) is 5.54. The Morgan fingerprint density at radius 2 is 1.92 bits per heavy atom. The van der Waals surface area contributed by atoms with Gasteiger partial charge in [0.15, 0.2) is 0 Å². The molecule has 0 saturated heterocycles. The molecule has 12 heavy (non-hydrogen) atoms. The first-order valence-corrected chi connectivity index (χ1v) is 3.28. The molecule has 5 heteroatoms. The first-order valence-electron chi connectivity index (χ1n) is 3.28. The fourth-order valence-corrected chi connectivity index (χ4v) is 0.501. The van der Waals surface area contributed by atoms with Gasteiger partial charge in [-0.2, -0.15) is 0 Å². The lowest BCUT2D eigenvalue weighted by Crippen LogP contribution is -2.34. The summed E-state index contributed by atoms with van der Waals surface area (Å²) in [6, 6.07) is 0. The van der Waals surface area contributed by atoms with E-state index in [1.807, 2.05) is 0 Å². The predicted molar refractivity (Wildman–Crippen MR) is 34.4 cm³/mol.